The summed E-state index contributed by atoms with van der Waals surface area (Å²) in [5.41, 5.74) is -13.3. The molecule has 1 unspecified atom stereocenters. The van der Waals surface area contributed by atoms with Crippen LogP contribution in [-0.4, -0.2) is 23.9 Å². The van der Waals surface area contributed by atoms with Gasteiger partial charge in [-0.2, -0.15) is 5.26 Å². The van der Waals surface area contributed by atoms with Gasteiger partial charge in [-0.1, -0.05) is 22.4 Å². The van der Waals surface area contributed by atoms with E-state index < -0.39 is 154 Å². The summed E-state index contributed by atoms with van der Waals surface area (Å²) in [7, 11) is -2.39. The zero-order valence-corrected chi connectivity index (χ0v) is 32.0. The van der Waals surface area contributed by atoms with E-state index in [0.29, 0.717) is 16.0 Å². The predicted molar refractivity (Wildman–Crippen MR) is 188 cm³/mol. The summed E-state index contributed by atoms with van der Waals surface area (Å²) in [6.45, 7) is 0. The molecule has 0 N–H and O–H groups in total. The molecule has 0 saturated carbocycles. The van der Waals surface area contributed by atoms with E-state index >= 15 is 35.1 Å². The average Bonchev–Trinajstić information content (AvgIpc) is 3.29. The largest absolute Gasteiger partial charge is 0.289 e. The molecule has 0 aliphatic carbocycles. The molecule has 0 amide bonds. The number of carbonyl (C=O) groups is 1. The molecular weight excluding hydrogens is 949 g/mol. The molecule has 0 heterocycles. The highest BCUT2D eigenvalue weighted by Gasteiger charge is 2.52. The van der Waals surface area contributed by atoms with Crippen molar-refractivity contribution in [2.45, 2.75) is 4.90 Å². The molecule has 0 aliphatic rings. The van der Waals surface area contributed by atoms with Crippen LogP contribution in [0.5, 0.6) is 0 Å². The molecule has 0 aliphatic heterocycles. The lowest BCUT2D eigenvalue weighted by Crippen LogP contribution is -2.81. The number of carbonyl (C=O) groups excluding carboxylic acids is 1. The van der Waals surface area contributed by atoms with Crippen LogP contribution in [0.25, 0.3) is 0 Å². The maximum absolute atomic E-state index is 15.4. The second-order valence-electron chi connectivity index (χ2n) is 13.4. The Labute approximate surface area is 350 Å². The molecule has 0 spiro atoms. The van der Waals surface area contributed by atoms with E-state index in [2.05, 4.69) is 0 Å². The maximum Gasteiger partial charge on any atom is 0.212 e. The molecule has 6 aromatic rings. The molecule has 65 heavy (non-hydrogen) atoms. The second-order valence-corrected chi connectivity index (χ2v) is 16.1. The van der Waals surface area contributed by atoms with Crippen molar-refractivity contribution in [1.29, 1.82) is 5.26 Å². The first kappa shape index (κ1) is 49.3. The first-order valence-corrected chi connectivity index (χ1v) is 19.2. The van der Waals surface area contributed by atoms with Crippen LogP contribution in [0.2, 0.25) is 0 Å². The Balaban J connectivity index is 0.000000330. The van der Waals surface area contributed by atoms with Gasteiger partial charge in [0.1, 0.15) is 68.9 Å². The van der Waals surface area contributed by atoms with Crippen LogP contribution in [0.4, 0.5) is 87.8 Å². The Morgan fingerprint density at radius 1 is 0.431 bits per heavy atom. The van der Waals surface area contributed by atoms with Crippen LogP contribution >= 0.6 is 0 Å². The number of nitriles is 1. The number of hydrogen-bond donors (Lipinski definition) is 0. The predicted octanol–water partition coefficient (Wildman–Crippen LogP) is 8.78. The zero-order chi connectivity index (χ0) is 48.9. The fourth-order valence-electron chi connectivity index (χ4n) is 6.73. The van der Waals surface area contributed by atoms with Gasteiger partial charge in [0.25, 0.3) is 0 Å². The highest BCUT2D eigenvalue weighted by atomic mass is 32.2. The summed E-state index contributed by atoms with van der Waals surface area (Å²) in [6, 6.07) is 17.4. The number of halogens is 20. The zero-order valence-electron chi connectivity index (χ0n) is 31.2. The molecule has 0 aromatic heterocycles. The number of nitrogens with zero attached hydrogens (tertiary/aromatic N) is 1. The summed E-state index contributed by atoms with van der Waals surface area (Å²) in [4.78, 5) is 12.9. The lowest BCUT2D eigenvalue weighted by Gasteiger charge is -2.44. The molecule has 25 heteroatoms. The fourth-order valence-corrected chi connectivity index (χ4v) is 8.30. The van der Waals surface area contributed by atoms with E-state index in [4.69, 9.17) is 5.26 Å². The molecular formula is C40H14BF20NO2S. The van der Waals surface area contributed by atoms with Crippen molar-refractivity contribution in [1.82, 2.24) is 0 Å². The third-order valence-corrected chi connectivity index (χ3v) is 11.8. The van der Waals surface area contributed by atoms with Crippen LogP contribution in [0.1, 0.15) is 15.9 Å². The number of Topliss-reactive ketones (excluding diaryl/α,β-unsaturated/α-hetero) is 1. The first-order chi connectivity index (χ1) is 30.2. The van der Waals surface area contributed by atoms with Gasteiger partial charge in [0, 0.05) is 5.56 Å². The smallest absolute Gasteiger partial charge is 0.212 e. The summed E-state index contributed by atoms with van der Waals surface area (Å²) >= 11 is 0. The van der Waals surface area contributed by atoms with Gasteiger partial charge in [0.05, 0.1) is 11.6 Å². The second kappa shape index (κ2) is 18.1. The van der Waals surface area contributed by atoms with Gasteiger partial charge in [-0.25, -0.2) is 87.8 Å². The van der Waals surface area contributed by atoms with Crippen molar-refractivity contribution in [2.75, 3.05) is 12.0 Å². The SMILES string of the molecule is C[S+](=O)(CC(=O)c1ccc(C#N)cc1)c1ccccc1.Fc1c(F)c(F)c([B-](c2c(F)c(F)c(F)c(F)c2F)(c2c(F)c(F)c(F)c(F)c2F)c2c(F)c(F)c(F)c(F)c2F)c(F)c1F. The van der Waals surface area contributed by atoms with Crippen molar-refractivity contribution < 1.29 is 96.8 Å². The van der Waals surface area contributed by atoms with Crippen molar-refractivity contribution in [3.8, 4) is 6.07 Å². The van der Waals surface area contributed by atoms with E-state index in [1.54, 1.807) is 42.7 Å². The van der Waals surface area contributed by atoms with Gasteiger partial charge in [-0.15, -0.1) is 21.9 Å². The third-order valence-electron chi connectivity index (χ3n) is 9.69. The summed E-state index contributed by atoms with van der Waals surface area (Å²) in [5, 5.41) is 8.72. The van der Waals surface area contributed by atoms with Gasteiger partial charge in [0.2, 0.25) is 5.78 Å². The molecule has 0 bridgehead atoms. The van der Waals surface area contributed by atoms with Crippen LogP contribution in [-0.2, 0) is 14.1 Å². The minimum absolute atomic E-state index is 0.0249. The van der Waals surface area contributed by atoms with E-state index in [1.165, 1.54) is 0 Å². The van der Waals surface area contributed by atoms with Crippen LogP contribution in [0.3, 0.4) is 0 Å². The Kier molecular flexibility index (Phi) is 13.7. The lowest BCUT2D eigenvalue weighted by molar-refractivity contribution is 0.102. The Morgan fingerprint density at radius 3 is 0.923 bits per heavy atom. The molecule has 6 aromatic carbocycles. The fraction of sp³-hybridized carbons (Fsp3) is 0.0500. The monoisotopic (exact) mass is 963 g/mol. The Hall–Kier alpha value is -6.71. The summed E-state index contributed by atoms with van der Waals surface area (Å²) in [6.07, 6.45) is -5.62. The summed E-state index contributed by atoms with van der Waals surface area (Å²) in [5.74, 6) is -71.6. The highest BCUT2D eigenvalue weighted by molar-refractivity contribution is 8.03. The number of rotatable bonds is 8. The van der Waals surface area contributed by atoms with Gasteiger partial charge in [0.15, 0.2) is 80.5 Å². The topological polar surface area (TPSA) is 57.9 Å². The standard InChI is InChI=1S/C24BF20.C16H14NO2S/c26-5-1(6(27)14(35)21(42)13(5)34)25(2-7(28)15(36)22(43)16(37)8(2)29,3-9(30)17(38)23(44)18(39)10(3)31)4-11(32)19(40)24(45)20(41)12(4)33;1-20(19,15-5-3-2-4-6-15)12-16(18)14-9-7-13(11-17)8-10-14/h;2-10H,12H2,1H3/q-1;+1. The van der Waals surface area contributed by atoms with Gasteiger partial charge >= 0.3 is 0 Å². The van der Waals surface area contributed by atoms with Crippen molar-refractivity contribution in [2.24, 2.45) is 0 Å². The minimum Gasteiger partial charge on any atom is -0.289 e. The molecule has 340 valence electrons. The number of hydrogen-bond acceptors (Lipinski definition) is 3. The van der Waals surface area contributed by atoms with Crippen molar-refractivity contribution in [3.63, 3.8) is 0 Å². The van der Waals surface area contributed by atoms with E-state index in [1.807, 2.05) is 24.3 Å². The number of ketones is 1. The molecule has 1 atom stereocenters. The Morgan fingerprint density at radius 2 is 0.677 bits per heavy atom. The normalized spacial score (nSPS) is 12.4. The van der Waals surface area contributed by atoms with E-state index in [9.17, 15) is 61.7 Å². The van der Waals surface area contributed by atoms with Crippen molar-refractivity contribution in [3.05, 3.63) is 182 Å². The highest BCUT2D eigenvalue weighted by Crippen LogP contribution is 2.31. The van der Waals surface area contributed by atoms with Crippen LogP contribution in [0.15, 0.2) is 59.5 Å². The summed E-state index contributed by atoms with van der Waals surface area (Å²) < 4.78 is 307. The lowest BCUT2D eigenvalue weighted by atomic mass is 9.12. The Bertz CT molecular complexity index is 2650. The maximum atomic E-state index is 15.4. The molecule has 0 saturated heterocycles. The van der Waals surface area contributed by atoms with Gasteiger partial charge in [-0.3, -0.25) is 4.79 Å². The molecule has 0 radical (unpaired) electrons. The average molecular weight is 963 g/mol. The quantitative estimate of drug-likeness (QED) is 0.0383. The number of benzene rings is 6. The van der Waals surface area contributed by atoms with Crippen molar-refractivity contribution >= 4 is 43.7 Å². The van der Waals surface area contributed by atoms with Gasteiger partial charge < -0.3 is 0 Å². The molecule has 3 nitrogen and oxygen atoms in total. The third kappa shape index (κ3) is 7.97. The van der Waals surface area contributed by atoms with E-state index in [0.717, 1.165) is 0 Å². The first-order valence-electron chi connectivity index (χ1n) is 17.0. The van der Waals surface area contributed by atoms with Gasteiger partial charge in [-0.05, 0) is 36.4 Å². The molecule has 0 fully saturated rings. The minimum atomic E-state index is -7.22. The van der Waals surface area contributed by atoms with Crippen LogP contribution < -0.4 is 21.9 Å². The van der Waals surface area contributed by atoms with Crippen LogP contribution in [0, 0.1) is 128 Å². The molecule has 6 rings (SSSR count). The van der Waals surface area contributed by atoms with E-state index in [-0.39, 0.29) is 11.5 Å².